The molecule has 28 heavy (non-hydrogen) atoms. The van der Waals surface area contributed by atoms with E-state index in [1.54, 1.807) is 14.2 Å². The zero-order chi connectivity index (χ0) is 20.1. The van der Waals surface area contributed by atoms with E-state index in [4.69, 9.17) is 14.2 Å². The van der Waals surface area contributed by atoms with Crippen molar-refractivity contribution in [3.8, 4) is 11.5 Å². The number of pyridine rings is 1. The van der Waals surface area contributed by atoms with Crippen LogP contribution in [-0.4, -0.2) is 69.2 Å². The first kappa shape index (κ1) is 20.4. The largest absolute Gasteiger partial charge is 0.493 e. The van der Waals surface area contributed by atoms with Gasteiger partial charge in [0, 0.05) is 33.4 Å². The molecular formula is C21H29N3O4. The van der Waals surface area contributed by atoms with Gasteiger partial charge in [0.05, 0.1) is 33.5 Å². The molecule has 1 N–H and O–H groups in total. The Bertz CT molecular complexity index is 767. The van der Waals surface area contributed by atoms with E-state index in [1.165, 1.54) is 0 Å². The zero-order valence-corrected chi connectivity index (χ0v) is 17.0. The van der Waals surface area contributed by atoms with Gasteiger partial charge < -0.3 is 24.2 Å². The van der Waals surface area contributed by atoms with Gasteiger partial charge in [0.25, 0.3) is 0 Å². The van der Waals surface area contributed by atoms with Crippen molar-refractivity contribution in [1.82, 2.24) is 9.88 Å². The predicted octanol–water partition coefficient (Wildman–Crippen LogP) is 2.10. The smallest absolute Gasteiger partial charge is 0.161 e. The summed E-state index contributed by atoms with van der Waals surface area (Å²) < 4.78 is 16.7. The standard InChI is InChI=1S/C21H29N3O4/c1-23(2)20-8-5-15(12-22-20)13-24-9-10-28-19(14-25)21(24)16-6-7-17(26-3)18(11-16)27-4/h5-8,11-12,19,21,25H,9-10,13-14H2,1-4H3/t19-,21-/m1/s1. The fourth-order valence-corrected chi connectivity index (χ4v) is 3.59. The number of morpholine rings is 1. The van der Waals surface area contributed by atoms with E-state index >= 15 is 0 Å². The molecule has 1 fully saturated rings. The maximum atomic E-state index is 9.91. The van der Waals surface area contributed by atoms with E-state index in [1.807, 2.05) is 49.5 Å². The van der Waals surface area contributed by atoms with Crippen LogP contribution >= 0.6 is 0 Å². The SMILES string of the molecule is COc1ccc([C@@H]2[C@@H](CO)OCCN2Cc2ccc(N(C)C)nc2)cc1OC. The molecule has 0 amide bonds. The fourth-order valence-electron chi connectivity index (χ4n) is 3.59. The average Bonchev–Trinajstić information content (AvgIpc) is 2.73. The van der Waals surface area contributed by atoms with E-state index in [9.17, 15) is 5.11 Å². The molecule has 2 atom stereocenters. The lowest BCUT2D eigenvalue weighted by atomic mass is 9.97. The summed E-state index contributed by atoms with van der Waals surface area (Å²) in [5.41, 5.74) is 2.14. The third-order valence-corrected chi connectivity index (χ3v) is 5.04. The molecule has 7 heteroatoms. The summed E-state index contributed by atoms with van der Waals surface area (Å²) >= 11 is 0. The Balaban J connectivity index is 1.88. The second-order valence-electron chi connectivity index (χ2n) is 7.04. The third-order valence-electron chi connectivity index (χ3n) is 5.04. The van der Waals surface area contributed by atoms with Crippen LogP contribution < -0.4 is 14.4 Å². The Morgan fingerprint density at radius 3 is 2.57 bits per heavy atom. The summed E-state index contributed by atoms with van der Waals surface area (Å²) in [6.45, 7) is 2.02. The predicted molar refractivity (Wildman–Crippen MR) is 108 cm³/mol. The molecule has 0 aliphatic carbocycles. The Morgan fingerprint density at radius 2 is 1.96 bits per heavy atom. The summed E-state index contributed by atoms with van der Waals surface area (Å²) in [6.07, 6.45) is 1.60. The molecule has 1 aromatic heterocycles. The van der Waals surface area contributed by atoms with Gasteiger partial charge in [-0.05, 0) is 29.3 Å². The molecule has 1 aliphatic heterocycles. The summed E-state index contributed by atoms with van der Waals surface area (Å²) in [5.74, 6) is 2.27. The molecule has 1 aromatic carbocycles. The molecule has 0 spiro atoms. The molecule has 0 unspecified atom stereocenters. The van der Waals surface area contributed by atoms with Gasteiger partial charge >= 0.3 is 0 Å². The summed E-state index contributed by atoms with van der Waals surface area (Å²) in [6, 6.07) is 9.88. The van der Waals surface area contributed by atoms with E-state index in [0.717, 1.165) is 30.0 Å². The van der Waals surface area contributed by atoms with Crippen molar-refractivity contribution in [3.63, 3.8) is 0 Å². The molecule has 3 rings (SSSR count). The second kappa shape index (κ2) is 9.23. The van der Waals surface area contributed by atoms with Crippen molar-refractivity contribution in [2.24, 2.45) is 0 Å². The van der Waals surface area contributed by atoms with E-state index < -0.39 is 0 Å². The Hall–Kier alpha value is -2.35. The monoisotopic (exact) mass is 387 g/mol. The third kappa shape index (κ3) is 4.38. The number of ether oxygens (including phenoxy) is 3. The number of methoxy groups -OCH3 is 2. The number of anilines is 1. The van der Waals surface area contributed by atoms with Crippen LogP contribution in [0.15, 0.2) is 36.5 Å². The first-order chi connectivity index (χ1) is 13.6. The summed E-state index contributed by atoms with van der Waals surface area (Å²) in [5, 5.41) is 9.91. The second-order valence-corrected chi connectivity index (χ2v) is 7.04. The highest BCUT2D eigenvalue weighted by atomic mass is 16.5. The van der Waals surface area contributed by atoms with Gasteiger partial charge in [-0.1, -0.05) is 12.1 Å². The van der Waals surface area contributed by atoms with Crippen molar-refractivity contribution in [2.45, 2.75) is 18.7 Å². The number of benzene rings is 1. The summed E-state index contributed by atoms with van der Waals surface area (Å²) in [7, 11) is 7.19. The van der Waals surface area contributed by atoms with Crippen LogP contribution in [0.1, 0.15) is 17.2 Å². The van der Waals surface area contributed by atoms with Crippen molar-refractivity contribution in [1.29, 1.82) is 0 Å². The van der Waals surface area contributed by atoms with Gasteiger partial charge in [0.1, 0.15) is 11.9 Å². The Morgan fingerprint density at radius 1 is 1.18 bits per heavy atom. The van der Waals surface area contributed by atoms with Crippen LogP contribution in [0.4, 0.5) is 5.82 Å². The molecule has 1 saturated heterocycles. The van der Waals surface area contributed by atoms with Crippen LogP contribution in [0.2, 0.25) is 0 Å². The van der Waals surface area contributed by atoms with Crippen LogP contribution in [0.25, 0.3) is 0 Å². The van der Waals surface area contributed by atoms with Crippen LogP contribution in [0.5, 0.6) is 11.5 Å². The number of nitrogens with zero attached hydrogens (tertiary/aromatic N) is 3. The van der Waals surface area contributed by atoms with Crippen LogP contribution in [0.3, 0.4) is 0 Å². The molecule has 1 aliphatic rings. The number of aliphatic hydroxyl groups is 1. The van der Waals surface area contributed by atoms with E-state index in [-0.39, 0.29) is 18.8 Å². The number of aromatic nitrogens is 1. The number of rotatable bonds is 7. The van der Waals surface area contributed by atoms with Crippen molar-refractivity contribution in [3.05, 3.63) is 47.7 Å². The lowest BCUT2D eigenvalue weighted by molar-refractivity contribution is -0.0961. The Labute approximate surface area is 166 Å². The lowest BCUT2D eigenvalue weighted by Crippen LogP contribution is -2.46. The van der Waals surface area contributed by atoms with Gasteiger partial charge in [0.15, 0.2) is 11.5 Å². The van der Waals surface area contributed by atoms with Gasteiger partial charge in [-0.3, -0.25) is 4.90 Å². The van der Waals surface area contributed by atoms with E-state index in [2.05, 4.69) is 16.0 Å². The molecule has 0 bridgehead atoms. The highest BCUT2D eigenvalue weighted by Crippen LogP contribution is 2.36. The molecule has 152 valence electrons. The minimum atomic E-state index is -0.305. The molecule has 7 nitrogen and oxygen atoms in total. The van der Waals surface area contributed by atoms with Gasteiger partial charge in [-0.25, -0.2) is 4.98 Å². The Kier molecular flexibility index (Phi) is 6.72. The maximum Gasteiger partial charge on any atom is 0.161 e. The minimum Gasteiger partial charge on any atom is -0.493 e. The molecule has 2 aromatic rings. The van der Waals surface area contributed by atoms with Gasteiger partial charge in [-0.2, -0.15) is 0 Å². The first-order valence-corrected chi connectivity index (χ1v) is 9.38. The van der Waals surface area contributed by atoms with Crippen LogP contribution in [0, 0.1) is 0 Å². The zero-order valence-electron chi connectivity index (χ0n) is 17.0. The molecule has 0 radical (unpaired) electrons. The van der Waals surface area contributed by atoms with Crippen molar-refractivity contribution >= 4 is 5.82 Å². The first-order valence-electron chi connectivity index (χ1n) is 9.38. The van der Waals surface area contributed by atoms with Gasteiger partial charge in [0.2, 0.25) is 0 Å². The normalized spacial score (nSPS) is 20.0. The molecule has 2 heterocycles. The number of hydrogen-bond donors (Lipinski definition) is 1. The number of hydrogen-bond acceptors (Lipinski definition) is 7. The number of aliphatic hydroxyl groups excluding tert-OH is 1. The van der Waals surface area contributed by atoms with Crippen molar-refractivity contribution < 1.29 is 19.3 Å². The highest BCUT2D eigenvalue weighted by molar-refractivity contribution is 5.44. The van der Waals surface area contributed by atoms with Crippen molar-refractivity contribution in [2.75, 3.05) is 53.0 Å². The van der Waals surface area contributed by atoms with E-state index in [0.29, 0.717) is 18.1 Å². The molecular weight excluding hydrogens is 358 g/mol. The fraction of sp³-hybridized carbons (Fsp3) is 0.476. The molecule has 0 saturated carbocycles. The average molecular weight is 387 g/mol. The lowest BCUT2D eigenvalue weighted by Gasteiger charge is -2.41. The topological polar surface area (TPSA) is 67.3 Å². The maximum absolute atomic E-state index is 9.91. The minimum absolute atomic E-state index is 0.0483. The van der Waals surface area contributed by atoms with Gasteiger partial charge in [-0.15, -0.1) is 0 Å². The quantitative estimate of drug-likeness (QED) is 0.780. The van der Waals surface area contributed by atoms with Crippen LogP contribution in [-0.2, 0) is 11.3 Å². The highest BCUT2D eigenvalue weighted by Gasteiger charge is 2.33. The summed E-state index contributed by atoms with van der Waals surface area (Å²) in [4.78, 5) is 8.81.